The fourth-order valence-electron chi connectivity index (χ4n) is 1.58. The van der Waals surface area contributed by atoms with E-state index in [-0.39, 0.29) is 0 Å². The van der Waals surface area contributed by atoms with Gasteiger partial charge in [0, 0.05) is 13.2 Å². The van der Waals surface area contributed by atoms with Crippen LogP contribution in [0.1, 0.15) is 11.3 Å². The average Bonchev–Trinajstić information content (AvgIpc) is 2.61. The van der Waals surface area contributed by atoms with Gasteiger partial charge in [-0.3, -0.25) is 4.68 Å². The Bertz CT molecular complexity index is 490. The van der Waals surface area contributed by atoms with E-state index in [1.165, 1.54) is 5.56 Å². The Morgan fingerprint density at radius 3 is 2.76 bits per heavy atom. The van der Waals surface area contributed by atoms with Gasteiger partial charge in [-0.1, -0.05) is 17.8 Å². The van der Waals surface area contributed by atoms with Crippen LogP contribution < -0.4 is 5.73 Å². The molecule has 0 aromatic carbocycles. The van der Waals surface area contributed by atoms with Gasteiger partial charge in [-0.05, 0) is 37.6 Å². The van der Waals surface area contributed by atoms with Gasteiger partial charge < -0.3 is 5.73 Å². The average molecular weight is 248 g/mol. The standard InChI is InChI=1S/C12H16N4S/c1-9-7-12(16(2)15-9)17-11-4-3-10(5-6-13)8-14-11/h3-4,7-8H,5-6,13H2,1-2H3. The van der Waals surface area contributed by atoms with Crippen molar-refractivity contribution in [3.63, 3.8) is 0 Å². The summed E-state index contributed by atoms with van der Waals surface area (Å²) in [6.07, 6.45) is 2.77. The first kappa shape index (κ1) is 12.1. The first-order valence-electron chi connectivity index (χ1n) is 5.52. The zero-order valence-corrected chi connectivity index (χ0v) is 10.9. The van der Waals surface area contributed by atoms with E-state index in [1.807, 2.05) is 30.9 Å². The van der Waals surface area contributed by atoms with Gasteiger partial charge in [-0.15, -0.1) is 0 Å². The number of rotatable bonds is 4. The summed E-state index contributed by atoms with van der Waals surface area (Å²) in [5.74, 6) is 0. The lowest BCUT2D eigenvalue weighted by Gasteiger charge is -2.02. The second-order valence-electron chi connectivity index (χ2n) is 3.89. The van der Waals surface area contributed by atoms with Gasteiger partial charge in [0.2, 0.25) is 0 Å². The monoisotopic (exact) mass is 248 g/mol. The number of aryl methyl sites for hydroxylation is 2. The molecular weight excluding hydrogens is 232 g/mol. The Labute approximate surface area is 105 Å². The summed E-state index contributed by atoms with van der Waals surface area (Å²) >= 11 is 1.62. The lowest BCUT2D eigenvalue weighted by Crippen LogP contribution is -2.02. The van der Waals surface area contributed by atoms with Crippen molar-refractivity contribution in [2.45, 2.75) is 23.4 Å². The minimum absolute atomic E-state index is 0.662. The summed E-state index contributed by atoms with van der Waals surface area (Å²) in [5, 5.41) is 6.38. The third kappa shape index (κ3) is 3.08. The second-order valence-corrected chi connectivity index (χ2v) is 4.93. The van der Waals surface area contributed by atoms with Gasteiger partial charge in [-0.2, -0.15) is 5.10 Å². The molecule has 4 nitrogen and oxygen atoms in total. The Morgan fingerprint density at radius 2 is 2.24 bits per heavy atom. The van der Waals surface area contributed by atoms with Gasteiger partial charge in [-0.25, -0.2) is 4.98 Å². The van der Waals surface area contributed by atoms with Crippen LogP contribution in [0.15, 0.2) is 34.4 Å². The quantitative estimate of drug-likeness (QED) is 0.896. The van der Waals surface area contributed by atoms with Crippen molar-refractivity contribution in [3.8, 4) is 0 Å². The molecular formula is C12H16N4S. The van der Waals surface area contributed by atoms with Crippen LogP contribution in [0.4, 0.5) is 0 Å². The largest absolute Gasteiger partial charge is 0.330 e. The van der Waals surface area contributed by atoms with E-state index >= 15 is 0 Å². The molecule has 5 heteroatoms. The van der Waals surface area contributed by atoms with E-state index in [0.717, 1.165) is 22.2 Å². The van der Waals surface area contributed by atoms with E-state index in [1.54, 1.807) is 11.8 Å². The van der Waals surface area contributed by atoms with Crippen LogP contribution >= 0.6 is 11.8 Å². The number of aromatic nitrogens is 3. The first-order chi connectivity index (χ1) is 8.19. The minimum Gasteiger partial charge on any atom is -0.330 e. The normalized spacial score (nSPS) is 10.8. The molecule has 0 saturated carbocycles. The van der Waals surface area contributed by atoms with Gasteiger partial charge in [0.05, 0.1) is 5.69 Å². The summed E-state index contributed by atoms with van der Waals surface area (Å²) in [6.45, 7) is 2.65. The smallest absolute Gasteiger partial charge is 0.102 e. The Kier molecular flexibility index (Phi) is 3.81. The molecule has 17 heavy (non-hydrogen) atoms. The number of hydrogen-bond donors (Lipinski definition) is 1. The SMILES string of the molecule is Cc1cc(Sc2ccc(CCN)cn2)n(C)n1. The molecule has 2 N–H and O–H groups in total. The molecule has 2 rings (SSSR count). The highest BCUT2D eigenvalue weighted by Gasteiger charge is 2.05. The van der Waals surface area contributed by atoms with E-state index in [2.05, 4.69) is 22.2 Å². The molecule has 2 heterocycles. The third-order valence-corrected chi connectivity index (χ3v) is 3.44. The predicted octanol–water partition coefficient (Wildman–Crippen LogP) is 1.78. The molecule has 0 saturated heterocycles. The first-order valence-corrected chi connectivity index (χ1v) is 6.34. The Morgan fingerprint density at radius 1 is 1.41 bits per heavy atom. The number of hydrogen-bond acceptors (Lipinski definition) is 4. The number of nitrogens with zero attached hydrogens (tertiary/aromatic N) is 3. The third-order valence-electron chi connectivity index (χ3n) is 2.40. The lowest BCUT2D eigenvalue weighted by molar-refractivity contribution is 0.692. The van der Waals surface area contributed by atoms with Crippen molar-refractivity contribution in [1.29, 1.82) is 0 Å². The van der Waals surface area contributed by atoms with Gasteiger partial charge in [0.15, 0.2) is 0 Å². The maximum atomic E-state index is 5.50. The number of pyridine rings is 1. The molecule has 0 amide bonds. The molecule has 0 unspecified atom stereocenters. The maximum Gasteiger partial charge on any atom is 0.102 e. The van der Waals surface area contributed by atoms with Crippen LogP contribution in [0.5, 0.6) is 0 Å². The van der Waals surface area contributed by atoms with Crippen molar-refractivity contribution in [2.24, 2.45) is 12.8 Å². The summed E-state index contributed by atoms with van der Waals surface area (Å²) in [5.41, 5.74) is 7.70. The van der Waals surface area contributed by atoms with E-state index < -0.39 is 0 Å². The maximum absolute atomic E-state index is 5.50. The van der Waals surface area contributed by atoms with Gasteiger partial charge in [0.1, 0.15) is 10.1 Å². The minimum atomic E-state index is 0.662. The molecule has 90 valence electrons. The molecule has 0 fully saturated rings. The highest BCUT2D eigenvalue weighted by atomic mass is 32.2. The summed E-state index contributed by atoms with van der Waals surface area (Å²) in [7, 11) is 1.94. The lowest BCUT2D eigenvalue weighted by atomic mass is 10.2. The van der Waals surface area contributed by atoms with Crippen molar-refractivity contribution < 1.29 is 0 Å². The van der Waals surface area contributed by atoms with Crippen molar-refractivity contribution in [2.75, 3.05) is 6.54 Å². The van der Waals surface area contributed by atoms with Crippen LogP contribution in [0.2, 0.25) is 0 Å². The van der Waals surface area contributed by atoms with Gasteiger partial charge >= 0.3 is 0 Å². The summed E-state index contributed by atoms with van der Waals surface area (Å²) in [6, 6.07) is 6.16. The highest BCUT2D eigenvalue weighted by Crippen LogP contribution is 2.25. The molecule has 0 atom stereocenters. The van der Waals surface area contributed by atoms with Crippen molar-refractivity contribution in [3.05, 3.63) is 35.7 Å². The molecule has 0 radical (unpaired) electrons. The van der Waals surface area contributed by atoms with E-state index in [0.29, 0.717) is 6.54 Å². The molecule has 0 aliphatic rings. The zero-order chi connectivity index (χ0) is 12.3. The highest BCUT2D eigenvalue weighted by molar-refractivity contribution is 7.99. The number of nitrogens with two attached hydrogens (primary N) is 1. The molecule has 0 aliphatic heterocycles. The van der Waals surface area contributed by atoms with Gasteiger partial charge in [0.25, 0.3) is 0 Å². The van der Waals surface area contributed by atoms with Crippen LogP contribution in [0.25, 0.3) is 0 Å². The molecule has 0 aliphatic carbocycles. The molecule has 2 aromatic heterocycles. The van der Waals surface area contributed by atoms with Crippen LogP contribution in [0.3, 0.4) is 0 Å². The van der Waals surface area contributed by atoms with Crippen LogP contribution in [-0.2, 0) is 13.5 Å². The van der Waals surface area contributed by atoms with E-state index in [9.17, 15) is 0 Å². The summed E-state index contributed by atoms with van der Waals surface area (Å²) < 4.78 is 1.87. The molecule has 0 spiro atoms. The Balaban J connectivity index is 2.11. The van der Waals surface area contributed by atoms with Crippen molar-refractivity contribution >= 4 is 11.8 Å². The molecule has 2 aromatic rings. The Hall–Kier alpha value is -1.33. The second kappa shape index (κ2) is 5.33. The van der Waals surface area contributed by atoms with E-state index in [4.69, 9.17) is 5.73 Å². The fourth-order valence-corrected chi connectivity index (χ4v) is 2.43. The molecule has 0 bridgehead atoms. The fraction of sp³-hybridized carbons (Fsp3) is 0.333. The van der Waals surface area contributed by atoms with Crippen molar-refractivity contribution in [1.82, 2.24) is 14.8 Å². The van der Waals surface area contributed by atoms with Crippen LogP contribution in [0, 0.1) is 6.92 Å². The topological polar surface area (TPSA) is 56.7 Å². The van der Waals surface area contributed by atoms with Crippen LogP contribution in [-0.4, -0.2) is 21.3 Å². The predicted molar refractivity (Wildman–Crippen MR) is 69.1 cm³/mol. The summed E-state index contributed by atoms with van der Waals surface area (Å²) in [4.78, 5) is 4.41. The zero-order valence-electron chi connectivity index (χ0n) is 10.1.